The van der Waals surface area contributed by atoms with E-state index in [1.165, 1.54) is 6.26 Å². The normalized spacial score (nSPS) is 12.3. The highest BCUT2D eigenvalue weighted by molar-refractivity contribution is 6.31. The Hall–Kier alpha value is -2.80. The summed E-state index contributed by atoms with van der Waals surface area (Å²) in [6, 6.07) is 6.76. The molecule has 0 spiro atoms. The average molecular weight is 347 g/mol. The van der Waals surface area contributed by atoms with E-state index in [1.807, 2.05) is 6.07 Å². The summed E-state index contributed by atoms with van der Waals surface area (Å²) in [6.07, 6.45) is 1.30. The lowest BCUT2D eigenvalue weighted by molar-refractivity contribution is 0.0930. The first kappa shape index (κ1) is 16.1. The van der Waals surface area contributed by atoms with Crippen LogP contribution in [-0.4, -0.2) is 21.4 Å². The molecule has 0 saturated carbocycles. The molecule has 2 amide bonds. The van der Waals surface area contributed by atoms with Crippen molar-refractivity contribution in [3.05, 3.63) is 52.8 Å². The van der Waals surface area contributed by atoms with Gasteiger partial charge in [-0.2, -0.15) is 0 Å². The second-order valence-electron chi connectivity index (χ2n) is 5.43. The van der Waals surface area contributed by atoms with E-state index in [-0.39, 0.29) is 11.8 Å². The van der Waals surface area contributed by atoms with Gasteiger partial charge in [0.1, 0.15) is 17.7 Å². The molecule has 3 rings (SSSR count). The minimum atomic E-state index is -0.759. The lowest BCUT2D eigenvalue weighted by atomic mass is 10.2. The maximum absolute atomic E-state index is 12.5. The molecule has 3 aromatic rings. The fourth-order valence-electron chi connectivity index (χ4n) is 2.46. The largest absolute Gasteiger partial charge is 0.441 e. The number of primary amides is 1. The van der Waals surface area contributed by atoms with Gasteiger partial charge >= 0.3 is 5.91 Å². The average Bonchev–Trinajstić information content (AvgIpc) is 3.13. The molecule has 2 aromatic heterocycles. The Morgan fingerprint density at radius 1 is 1.38 bits per heavy atom. The van der Waals surface area contributed by atoms with Crippen LogP contribution in [0.25, 0.3) is 10.9 Å². The summed E-state index contributed by atoms with van der Waals surface area (Å²) in [5.74, 6) is -1.23. The molecule has 8 heteroatoms. The number of fused-ring (bicyclic) bond motifs is 1. The number of oxazole rings is 1. The van der Waals surface area contributed by atoms with Crippen LogP contribution in [0.4, 0.5) is 0 Å². The Morgan fingerprint density at radius 2 is 2.12 bits per heavy atom. The summed E-state index contributed by atoms with van der Waals surface area (Å²) in [4.78, 5) is 27.5. The third-order valence-corrected chi connectivity index (χ3v) is 4.00. The third-order valence-electron chi connectivity index (χ3n) is 3.76. The third kappa shape index (κ3) is 2.85. The molecule has 1 unspecified atom stereocenters. The number of rotatable bonds is 4. The number of halogens is 1. The van der Waals surface area contributed by atoms with Gasteiger partial charge in [0.15, 0.2) is 0 Å². The second-order valence-corrected chi connectivity index (χ2v) is 5.87. The van der Waals surface area contributed by atoms with Gasteiger partial charge in [0.05, 0.1) is 6.04 Å². The van der Waals surface area contributed by atoms with Gasteiger partial charge in [-0.1, -0.05) is 17.7 Å². The van der Waals surface area contributed by atoms with E-state index in [9.17, 15) is 9.59 Å². The highest BCUT2D eigenvalue weighted by atomic mass is 35.5. The van der Waals surface area contributed by atoms with Gasteiger partial charge in [0.25, 0.3) is 11.8 Å². The predicted molar refractivity (Wildman–Crippen MR) is 88.8 cm³/mol. The van der Waals surface area contributed by atoms with Gasteiger partial charge in [-0.3, -0.25) is 9.59 Å². The van der Waals surface area contributed by atoms with Crippen LogP contribution >= 0.6 is 11.6 Å². The summed E-state index contributed by atoms with van der Waals surface area (Å²) in [5.41, 5.74) is 6.86. The molecule has 124 valence electrons. The van der Waals surface area contributed by atoms with Gasteiger partial charge in [-0.05, 0) is 25.1 Å². The topological polar surface area (TPSA) is 103 Å². The molecule has 0 fully saturated rings. The number of carbonyl (C=O) groups is 2. The first-order valence-electron chi connectivity index (χ1n) is 7.18. The number of nitrogens with two attached hydrogens (primary N) is 1. The summed E-state index contributed by atoms with van der Waals surface area (Å²) in [5, 5.41) is 4.33. The zero-order valence-electron chi connectivity index (χ0n) is 13.0. The van der Waals surface area contributed by atoms with Crippen LogP contribution in [0, 0.1) is 0 Å². The molecule has 0 aliphatic heterocycles. The number of amides is 2. The molecule has 24 heavy (non-hydrogen) atoms. The number of nitrogens with zero attached hydrogens (tertiary/aromatic N) is 2. The van der Waals surface area contributed by atoms with Crippen molar-refractivity contribution in [2.24, 2.45) is 12.8 Å². The second kappa shape index (κ2) is 6.01. The molecule has 3 N–H and O–H groups in total. The highest BCUT2D eigenvalue weighted by Crippen LogP contribution is 2.23. The van der Waals surface area contributed by atoms with E-state index >= 15 is 0 Å². The number of aromatic nitrogens is 2. The van der Waals surface area contributed by atoms with Crippen molar-refractivity contribution in [1.29, 1.82) is 0 Å². The molecule has 0 radical (unpaired) electrons. The number of aryl methyl sites for hydroxylation is 1. The number of benzene rings is 1. The Kier molecular flexibility index (Phi) is 4.02. The van der Waals surface area contributed by atoms with Crippen LogP contribution in [0.3, 0.4) is 0 Å². The van der Waals surface area contributed by atoms with Crippen molar-refractivity contribution in [3.8, 4) is 0 Å². The molecule has 0 aliphatic rings. The van der Waals surface area contributed by atoms with Crippen molar-refractivity contribution < 1.29 is 14.0 Å². The number of nitrogens with one attached hydrogen (secondary N) is 1. The zero-order chi connectivity index (χ0) is 17.4. The van der Waals surface area contributed by atoms with E-state index in [1.54, 1.807) is 36.7 Å². The van der Waals surface area contributed by atoms with Gasteiger partial charge < -0.3 is 20.0 Å². The minimum Gasteiger partial charge on any atom is -0.441 e. The van der Waals surface area contributed by atoms with Crippen LogP contribution < -0.4 is 11.1 Å². The Bertz CT molecular complexity index is 944. The summed E-state index contributed by atoms with van der Waals surface area (Å²) in [6.45, 7) is 1.74. The summed E-state index contributed by atoms with van der Waals surface area (Å²) < 4.78 is 6.73. The molecule has 0 saturated heterocycles. The van der Waals surface area contributed by atoms with Crippen molar-refractivity contribution >= 4 is 34.3 Å². The lowest BCUT2D eigenvalue weighted by Gasteiger charge is -2.11. The maximum atomic E-state index is 12.5. The Balaban J connectivity index is 1.84. The van der Waals surface area contributed by atoms with Crippen molar-refractivity contribution in [2.75, 3.05) is 0 Å². The first-order chi connectivity index (χ1) is 11.4. The number of hydrogen-bond donors (Lipinski definition) is 2. The molecule has 7 nitrogen and oxygen atoms in total. The molecule has 0 bridgehead atoms. The quantitative estimate of drug-likeness (QED) is 0.757. The van der Waals surface area contributed by atoms with E-state index in [0.717, 1.165) is 10.9 Å². The number of hydrogen-bond acceptors (Lipinski definition) is 4. The summed E-state index contributed by atoms with van der Waals surface area (Å²) in [7, 11) is 1.79. The van der Waals surface area contributed by atoms with Crippen LogP contribution in [0.1, 0.15) is 39.8 Å². The van der Waals surface area contributed by atoms with Crippen LogP contribution in [0.2, 0.25) is 5.02 Å². The van der Waals surface area contributed by atoms with Gasteiger partial charge in [0, 0.05) is 23.0 Å². The van der Waals surface area contributed by atoms with Crippen LogP contribution in [0.5, 0.6) is 0 Å². The Morgan fingerprint density at radius 3 is 2.79 bits per heavy atom. The smallest absolute Gasteiger partial charge is 0.304 e. The highest BCUT2D eigenvalue weighted by Gasteiger charge is 2.19. The van der Waals surface area contributed by atoms with Crippen molar-refractivity contribution in [1.82, 2.24) is 14.9 Å². The Labute approximate surface area is 142 Å². The fraction of sp³-hybridized carbons (Fsp3) is 0.188. The van der Waals surface area contributed by atoms with E-state index in [4.69, 9.17) is 21.8 Å². The van der Waals surface area contributed by atoms with Crippen molar-refractivity contribution in [2.45, 2.75) is 13.0 Å². The molecule has 1 aromatic carbocycles. The van der Waals surface area contributed by atoms with Gasteiger partial charge in [-0.15, -0.1) is 0 Å². The summed E-state index contributed by atoms with van der Waals surface area (Å²) >= 11 is 6.00. The zero-order valence-corrected chi connectivity index (χ0v) is 13.8. The van der Waals surface area contributed by atoms with Crippen LogP contribution in [0.15, 0.2) is 34.9 Å². The van der Waals surface area contributed by atoms with E-state index in [0.29, 0.717) is 16.4 Å². The molecular weight excluding hydrogens is 332 g/mol. The predicted octanol–water partition coefficient (Wildman–Crippen LogP) is 2.41. The lowest BCUT2D eigenvalue weighted by Crippen LogP contribution is -2.28. The first-order valence-corrected chi connectivity index (χ1v) is 7.55. The standard InChI is InChI=1S/C16H15ClN4O3/c1-8(11-7-24-16(20-11)14(18)22)19-15(23)13-5-9-3-4-10(17)6-12(9)21(13)2/h3-8H,1-2H3,(H2,18,22)(H,19,23). The molecule has 2 heterocycles. The van der Waals surface area contributed by atoms with Crippen LogP contribution in [-0.2, 0) is 7.05 Å². The van der Waals surface area contributed by atoms with Gasteiger partial charge in [0.2, 0.25) is 0 Å². The van der Waals surface area contributed by atoms with Crippen molar-refractivity contribution in [3.63, 3.8) is 0 Å². The molecule has 0 aliphatic carbocycles. The minimum absolute atomic E-state index is 0.189. The SMILES string of the molecule is CC(NC(=O)c1cc2ccc(Cl)cc2n1C)c1coc(C(N)=O)n1. The number of carbonyl (C=O) groups excluding carboxylic acids is 2. The molecule has 1 atom stereocenters. The molecular formula is C16H15ClN4O3. The van der Waals surface area contributed by atoms with Gasteiger partial charge in [-0.25, -0.2) is 4.98 Å². The van der Waals surface area contributed by atoms with E-state index < -0.39 is 11.9 Å². The fourth-order valence-corrected chi connectivity index (χ4v) is 2.63. The van der Waals surface area contributed by atoms with E-state index in [2.05, 4.69) is 10.3 Å². The monoisotopic (exact) mass is 346 g/mol. The maximum Gasteiger partial charge on any atom is 0.304 e.